The first-order valence-electron chi connectivity index (χ1n) is 11.3. The number of aromatic nitrogens is 4. The Morgan fingerprint density at radius 2 is 1.74 bits per heavy atom. The number of ether oxygens (including phenoxy) is 2. The van der Waals surface area contributed by atoms with E-state index in [-0.39, 0.29) is 11.3 Å². The molecule has 0 spiro atoms. The minimum Gasteiger partial charge on any atom is -0.434 e. The summed E-state index contributed by atoms with van der Waals surface area (Å²) in [5.74, 6) is 0.728. The lowest BCUT2D eigenvalue weighted by Crippen LogP contribution is -2.37. The van der Waals surface area contributed by atoms with E-state index in [1.54, 1.807) is 48.4 Å². The number of fused-ring (bicyclic) bond motifs is 1. The van der Waals surface area contributed by atoms with Crippen LogP contribution in [0.4, 0.5) is 14.7 Å². The maximum Gasteiger partial charge on any atom is 0.387 e. The molecule has 8 nitrogen and oxygen atoms in total. The average Bonchev–Trinajstić information content (AvgIpc) is 3.13. The van der Waals surface area contributed by atoms with E-state index in [1.807, 2.05) is 19.1 Å². The topological polar surface area (TPSA) is 74.4 Å². The minimum absolute atomic E-state index is 0.0764. The molecule has 1 aliphatic heterocycles. The van der Waals surface area contributed by atoms with Gasteiger partial charge in [0.15, 0.2) is 0 Å². The second-order valence-electron chi connectivity index (χ2n) is 8.37. The fourth-order valence-corrected chi connectivity index (χ4v) is 4.54. The van der Waals surface area contributed by atoms with Crippen molar-refractivity contribution in [3.8, 4) is 16.9 Å². The van der Waals surface area contributed by atoms with Crippen molar-refractivity contribution in [3.63, 3.8) is 0 Å². The molecule has 182 valence electrons. The molecule has 2 aromatic heterocycles. The van der Waals surface area contributed by atoms with Crippen molar-refractivity contribution in [2.24, 2.45) is 7.05 Å². The second kappa shape index (κ2) is 9.46. The van der Waals surface area contributed by atoms with Gasteiger partial charge in [-0.25, -0.2) is 9.97 Å². The van der Waals surface area contributed by atoms with E-state index in [4.69, 9.17) is 9.47 Å². The number of rotatable bonds is 6. The standard InChI is InChI=1S/C25H25F2N5O3/c1-16(19-5-3-4-6-22(19)35-24(26)27)32-21-13-17(7-8-20(21)23(33)30(32)2)18-14-28-25(29-15-18)31-9-11-34-12-10-31/h3-8,13-16,24H,9-12H2,1-2H3. The third-order valence-electron chi connectivity index (χ3n) is 6.31. The van der Waals surface area contributed by atoms with Gasteiger partial charge in [-0.05, 0) is 30.7 Å². The SMILES string of the molecule is CC(c1ccccc1OC(F)F)n1c2cc(-c3cnc(N4CCOCC4)nc3)ccc2c(=O)n1C. The van der Waals surface area contributed by atoms with E-state index in [1.165, 1.54) is 10.7 Å². The molecule has 0 radical (unpaired) electrons. The molecule has 35 heavy (non-hydrogen) atoms. The summed E-state index contributed by atoms with van der Waals surface area (Å²) in [6.45, 7) is 1.69. The molecule has 2 aromatic carbocycles. The number of halogens is 2. The van der Waals surface area contributed by atoms with E-state index >= 15 is 0 Å². The molecule has 1 aliphatic rings. The molecule has 0 amide bonds. The monoisotopic (exact) mass is 481 g/mol. The summed E-state index contributed by atoms with van der Waals surface area (Å²) in [6, 6.07) is 11.7. The third kappa shape index (κ3) is 4.37. The van der Waals surface area contributed by atoms with Crippen LogP contribution in [0.5, 0.6) is 5.75 Å². The molecule has 3 heterocycles. The highest BCUT2D eigenvalue weighted by molar-refractivity contribution is 5.84. The van der Waals surface area contributed by atoms with Crippen LogP contribution in [0, 0.1) is 0 Å². The number of nitrogens with zero attached hydrogens (tertiary/aromatic N) is 5. The minimum atomic E-state index is -2.94. The molecule has 1 unspecified atom stereocenters. The molecular formula is C25H25F2N5O3. The van der Waals surface area contributed by atoms with Crippen LogP contribution in [-0.4, -0.2) is 52.2 Å². The van der Waals surface area contributed by atoms with Gasteiger partial charge in [-0.1, -0.05) is 24.3 Å². The van der Waals surface area contributed by atoms with Crippen LogP contribution in [0.3, 0.4) is 0 Å². The summed E-state index contributed by atoms with van der Waals surface area (Å²) in [4.78, 5) is 24.1. The smallest absolute Gasteiger partial charge is 0.387 e. The van der Waals surface area contributed by atoms with E-state index in [0.717, 1.165) is 24.2 Å². The Morgan fingerprint density at radius 1 is 1.03 bits per heavy atom. The van der Waals surface area contributed by atoms with Crippen molar-refractivity contribution >= 4 is 16.9 Å². The van der Waals surface area contributed by atoms with Crippen LogP contribution in [0.15, 0.2) is 59.7 Å². The Kier molecular flexibility index (Phi) is 6.21. The summed E-state index contributed by atoms with van der Waals surface area (Å²) in [5, 5.41) is 0.529. The zero-order chi connectivity index (χ0) is 24.5. The van der Waals surface area contributed by atoms with Gasteiger partial charge < -0.3 is 14.4 Å². The highest BCUT2D eigenvalue weighted by Gasteiger charge is 2.22. The first kappa shape index (κ1) is 23.0. The van der Waals surface area contributed by atoms with Gasteiger partial charge in [0.05, 0.1) is 30.2 Å². The van der Waals surface area contributed by atoms with Gasteiger partial charge in [0, 0.05) is 43.7 Å². The molecule has 0 N–H and O–H groups in total. The van der Waals surface area contributed by atoms with Crippen molar-refractivity contribution in [2.75, 3.05) is 31.2 Å². The molecule has 0 bridgehead atoms. The summed E-state index contributed by atoms with van der Waals surface area (Å²) in [7, 11) is 1.66. The third-order valence-corrected chi connectivity index (χ3v) is 6.31. The maximum atomic E-state index is 13.0. The largest absolute Gasteiger partial charge is 0.434 e. The lowest BCUT2D eigenvalue weighted by molar-refractivity contribution is -0.0507. The van der Waals surface area contributed by atoms with Crippen LogP contribution in [0.1, 0.15) is 18.5 Å². The van der Waals surface area contributed by atoms with E-state index in [2.05, 4.69) is 14.9 Å². The van der Waals surface area contributed by atoms with Crippen molar-refractivity contribution in [3.05, 3.63) is 70.8 Å². The second-order valence-corrected chi connectivity index (χ2v) is 8.37. The Balaban J connectivity index is 1.54. The molecule has 1 atom stereocenters. The van der Waals surface area contributed by atoms with Crippen molar-refractivity contribution in [1.29, 1.82) is 0 Å². The van der Waals surface area contributed by atoms with Crippen molar-refractivity contribution < 1.29 is 18.3 Å². The molecule has 1 fully saturated rings. The van der Waals surface area contributed by atoms with Crippen LogP contribution >= 0.6 is 0 Å². The quantitative estimate of drug-likeness (QED) is 0.417. The lowest BCUT2D eigenvalue weighted by atomic mass is 10.1. The first-order valence-corrected chi connectivity index (χ1v) is 11.3. The zero-order valence-electron chi connectivity index (χ0n) is 19.4. The van der Waals surface area contributed by atoms with E-state index in [9.17, 15) is 13.6 Å². The number of hydrogen-bond acceptors (Lipinski definition) is 6. The van der Waals surface area contributed by atoms with E-state index in [0.29, 0.717) is 35.6 Å². The zero-order valence-corrected chi connectivity index (χ0v) is 19.4. The van der Waals surface area contributed by atoms with Gasteiger partial charge in [0.2, 0.25) is 5.95 Å². The van der Waals surface area contributed by atoms with Crippen LogP contribution in [-0.2, 0) is 11.8 Å². The number of hydrogen-bond donors (Lipinski definition) is 0. The predicted octanol–water partition coefficient (Wildman–Crippen LogP) is 3.84. The molecule has 4 aromatic rings. The van der Waals surface area contributed by atoms with Gasteiger partial charge in [0.1, 0.15) is 5.75 Å². The fourth-order valence-electron chi connectivity index (χ4n) is 4.54. The number of benzene rings is 2. The summed E-state index contributed by atoms with van der Waals surface area (Å²) >= 11 is 0. The Labute approximate surface area is 200 Å². The predicted molar refractivity (Wildman–Crippen MR) is 128 cm³/mol. The van der Waals surface area contributed by atoms with Gasteiger partial charge in [0.25, 0.3) is 5.56 Å². The Hall–Kier alpha value is -3.79. The van der Waals surface area contributed by atoms with Crippen molar-refractivity contribution in [2.45, 2.75) is 19.6 Å². The number of anilines is 1. The maximum absolute atomic E-state index is 13.0. The number of para-hydroxylation sites is 1. The number of alkyl halides is 2. The first-order chi connectivity index (χ1) is 16.9. The Bertz CT molecular complexity index is 1390. The summed E-state index contributed by atoms with van der Waals surface area (Å²) in [5.41, 5.74) is 2.69. The summed E-state index contributed by atoms with van der Waals surface area (Å²) < 4.78 is 39.4. The normalized spacial score (nSPS) is 15.1. The highest BCUT2D eigenvalue weighted by atomic mass is 19.3. The van der Waals surface area contributed by atoms with Gasteiger partial charge in [-0.3, -0.25) is 14.2 Å². The summed E-state index contributed by atoms with van der Waals surface area (Å²) in [6.07, 6.45) is 3.53. The Morgan fingerprint density at radius 3 is 2.46 bits per heavy atom. The van der Waals surface area contributed by atoms with Gasteiger partial charge in [-0.15, -0.1) is 0 Å². The molecule has 0 saturated carbocycles. The number of morpholine rings is 1. The van der Waals surface area contributed by atoms with Crippen LogP contribution in [0.2, 0.25) is 0 Å². The van der Waals surface area contributed by atoms with Gasteiger partial charge in [-0.2, -0.15) is 8.78 Å². The van der Waals surface area contributed by atoms with Gasteiger partial charge >= 0.3 is 6.61 Å². The van der Waals surface area contributed by atoms with E-state index < -0.39 is 12.7 Å². The van der Waals surface area contributed by atoms with Crippen molar-refractivity contribution in [1.82, 2.24) is 19.3 Å². The molecule has 1 saturated heterocycles. The molecular weight excluding hydrogens is 456 g/mol. The highest BCUT2D eigenvalue weighted by Crippen LogP contribution is 2.32. The van der Waals surface area contributed by atoms with Crippen LogP contribution < -0.4 is 15.2 Å². The molecule has 0 aliphatic carbocycles. The van der Waals surface area contributed by atoms with Crippen LogP contribution in [0.25, 0.3) is 22.0 Å². The lowest BCUT2D eigenvalue weighted by Gasteiger charge is -2.26. The fraction of sp³-hybridized carbons (Fsp3) is 0.320. The molecule has 5 rings (SSSR count). The average molecular weight is 482 g/mol. The molecule has 10 heteroatoms.